The van der Waals surface area contributed by atoms with Gasteiger partial charge in [0.15, 0.2) is 12.3 Å². The summed E-state index contributed by atoms with van der Waals surface area (Å²) < 4.78 is 25.6. The molecule has 8 heteroatoms. The van der Waals surface area contributed by atoms with Crippen LogP contribution in [0.3, 0.4) is 0 Å². The zero-order valence-electron chi connectivity index (χ0n) is 20.0. The highest BCUT2D eigenvalue weighted by Gasteiger charge is 2.39. The summed E-state index contributed by atoms with van der Waals surface area (Å²) in [6, 6.07) is 11.9. The molecule has 186 valence electrons. The zero-order chi connectivity index (χ0) is 24.6. The second kappa shape index (κ2) is 9.41. The van der Waals surface area contributed by atoms with E-state index in [9.17, 15) is 14.0 Å². The first-order chi connectivity index (χ1) is 17.6. The maximum Gasteiger partial charge on any atom is 0.275 e. The molecule has 1 aliphatic carbocycles. The van der Waals surface area contributed by atoms with Gasteiger partial charge in [0.1, 0.15) is 17.8 Å². The average molecular weight is 490 g/mol. The van der Waals surface area contributed by atoms with Crippen molar-refractivity contribution in [3.05, 3.63) is 82.8 Å². The fourth-order valence-electron chi connectivity index (χ4n) is 5.22. The van der Waals surface area contributed by atoms with Crippen LogP contribution in [0.4, 0.5) is 4.39 Å². The molecule has 0 bridgehead atoms. The SMILES string of the molecule is O=C(c1coc(COc2ccc3c(c2)C(c2cccc(F)c2)N(C(=O)C2CC2)CC3)n1)N1CCCC1. The first kappa shape index (κ1) is 22.8. The molecule has 1 atom stereocenters. The third-order valence-electron chi connectivity index (χ3n) is 7.25. The first-order valence-electron chi connectivity index (χ1n) is 12.6. The van der Waals surface area contributed by atoms with Crippen molar-refractivity contribution in [1.82, 2.24) is 14.8 Å². The fourth-order valence-corrected chi connectivity index (χ4v) is 5.22. The molecule has 0 spiro atoms. The van der Waals surface area contributed by atoms with Gasteiger partial charge in [-0.25, -0.2) is 9.37 Å². The Labute approximate surface area is 208 Å². The van der Waals surface area contributed by atoms with E-state index >= 15 is 0 Å². The van der Waals surface area contributed by atoms with E-state index in [0.29, 0.717) is 23.9 Å². The number of carbonyl (C=O) groups is 2. The minimum Gasteiger partial charge on any atom is -0.484 e. The Hall–Kier alpha value is -3.68. The van der Waals surface area contributed by atoms with Crippen LogP contribution in [-0.2, 0) is 17.8 Å². The molecule has 2 amide bonds. The summed E-state index contributed by atoms with van der Waals surface area (Å²) in [5.74, 6) is 0.688. The van der Waals surface area contributed by atoms with Crippen molar-refractivity contribution in [3.63, 3.8) is 0 Å². The lowest BCUT2D eigenvalue weighted by molar-refractivity contribution is -0.134. The molecule has 0 radical (unpaired) electrons. The Kier molecular flexibility index (Phi) is 5.95. The van der Waals surface area contributed by atoms with E-state index in [4.69, 9.17) is 9.15 Å². The van der Waals surface area contributed by atoms with Crippen molar-refractivity contribution in [1.29, 1.82) is 0 Å². The van der Waals surface area contributed by atoms with Crippen LogP contribution in [0.5, 0.6) is 5.75 Å². The zero-order valence-corrected chi connectivity index (χ0v) is 20.0. The number of halogens is 1. The highest BCUT2D eigenvalue weighted by Crippen LogP contribution is 2.41. The van der Waals surface area contributed by atoms with Crippen molar-refractivity contribution >= 4 is 11.8 Å². The van der Waals surface area contributed by atoms with Gasteiger partial charge in [-0.1, -0.05) is 18.2 Å². The molecule has 2 aromatic carbocycles. The van der Waals surface area contributed by atoms with Crippen LogP contribution in [0, 0.1) is 11.7 Å². The average Bonchev–Trinajstić information content (AvgIpc) is 3.38. The van der Waals surface area contributed by atoms with Crippen LogP contribution in [-0.4, -0.2) is 46.2 Å². The molecule has 1 unspecified atom stereocenters. The van der Waals surface area contributed by atoms with Crippen LogP contribution in [0.1, 0.15) is 64.8 Å². The fraction of sp³-hybridized carbons (Fsp3) is 0.393. The van der Waals surface area contributed by atoms with Gasteiger partial charge in [0.05, 0.1) is 6.04 Å². The summed E-state index contributed by atoms with van der Waals surface area (Å²) in [6.07, 6.45) is 5.98. The lowest BCUT2D eigenvalue weighted by Crippen LogP contribution is -2.41. The van der Waals surface area contributed by atoms with Gasteiger partial charge in [-0.2, -0.15) is 0 Å². The van der Waals surface area contributed by atoms with Crippen molar-refractivity contribution in [3.8, 4) is 5.75 Å². The maximum atomic E-state index is 14.2. The van der Waals surface area contributed by atoms with Crippen molar-refractivity contribution < 1.29 is 23.1 Å². The number of nitrogens with zero attached hydrogens (tertiary/aromatic N) is 3. The van der Waals surface area contributed by atoms with Gasteiger partial charge in [0.25, 0.3) is 5.91 Å². The van der Waals surface area contributed by atoms with Gasteiger partial charge in [-0.3, -0.25) is 9.59 Å². The maximum absolute atomic E-state index is 14.2. The molecule has 3 heterocycles. The number of hydrogen-bond acceptors (Lipinski definition) is 5. The van der Waals surface area contributed by atoms with E-state index in [2.05, 4.69) is 4.98 Å². The summed E-state index contributed by atoms with van der Waals surface area (Å²) in [5, 5.41) is 0. The molecule has 1 aromatic heterocycles. The summed E-state index contributed by atoms with van der Waals surface area (Å²) in [5.41, 5.74) is 3.10. The van der Waals surface area contributed by atoms with Gasteiger partial charge in [-0.15, -0.1) is 0 Å². The van der Waals surface area contributed by atoms with Crippen molar-refractivity contribution in [2.24, 2.45) is 5.92 Å². The second-order valence-electron chi connectivity index (χ2n) is 9.79. The molecule has 3 aliphatic rings. The topological polar surface area (TPSA) is 75.9 Å². The van der Waals surface area contributed by atoms with Gasteiger partial charge in [-0.05, 0) is 73.1 Å². The quantitative estimate of drug-likeness (QED) is 0.509. The monoisotopic (exact) mass is 489 g/mol. The summed E-state index contributed by atoms with van der Waals surface area (Å²) in [4.78, 5) is 33.7. The minimum absolute atomic E-state index is 0.0709. The molecule has 2 fully saturated rings. The summed E-state index contributed by atoms with van der Waals surface area (Å²) in [6.45, 7) is 2.17. The molecular formula is C28H28FN3O4. The number of carbonyl (C=O) groups excluding carboxylic acids is 2. The minimum atomic E-state index is -0.368. The van der Waals surface area contributed by atoms with E-state index in [0.717, 1.165) is 61.9 Å². The number of aromatic nitrogens is 1. The molecule has 1 saturated carbocycles. The van der Waals surface area contributed by atoms with Crippen LogP contribution >= 0.6 is 0 Å². The van der Waals surface area contributed by atoms with E-state index in [1.165, 1.54) is 18.4 Å². The predicted molar refractivity (Wildman–Crippen MR) is 129 cm³/mol. The lowest BCUT2D eigenvalue weighted by atomic mass is 9.87. The van der Waals surface area contributed by atoms with E-state index in [1.807, 2.05) is 29.2 Å². The van der Waals surface area contributed by atoms with E-state index in [1.54, 1.807) is 11.0 Å². The Morgan fingerprint density at radius 3 is 2.69 bits per heavy atom. The Bertz CT molecular complexity index is 1300. The number of benzene rings is 2. The Balaban J connectivity index is 1.23. The molecule has 36 heavy (non-hydrogen) atoms. The highest BCUT2D eigenvalue weighted by molar-refractivity contribution is 5.92. The van der Waals surface area contributed by atoms with Gasteiger partial charge < -0.3 is 19.0 Å². The number of ether oxygens (including phenoxy) is 1. The number of fused-ring (bicyclic) bond motifs is 1. The molecular weight excluding hydrogens is 461 g/mol. The standard InChI is InChI=1S/C28H28FN3O4/c29-21-5-3-4-20(14-21)26-23-15-22(9-8-18(23)10-13-32(26)27(33)19-6-7-19)35-17-25-30-24(16-36-25)28(34)31-11-1-2-12-31/h3-5,8-9,14-16,19,26H,1-2,6-7,10-13,17H2. The number of likely N-dealkylation sites (tertiary alicyclic amines) is 1. The molecule has 6 rings (SSSR count). The lowest BCUT2D eigenvalue weighted by Gasteiger charge is -2.38. The van der Waals surface area contributed by atoms with E-state index < -0.39 is 0 Å². The predicted octanol–water partition coefficient (Wildman–Crippen LogP) is 4.51. The number of rotatable bonds is 6. The third-order valence-corrected chi connectivity index (χ3v) is 7.25. The van der Waals surface area contributed by atoms with Gasteiger partial charge >= 0.3 is 0 Å². The molecule has 3 aromatic rings. The first-order valence-corrected chi connectivity index (χ1v) is 12.6. The number of hydrogen-bond donors (Lipinski definition) is 0. The summed E-state index contributed by atoms with van der Waals surface area (Å²) >= 11 is 0. The van der Waals surface area contributed by atoms with Crippen LogP contribution in [0.15, 0.2) is 53.1 Å². The highest BCUT2D eigenvalue weighted by atomic mass is 19.1. The summed E-state index contributed by atoms with van der Waals surface area (Å²) in [7, 11) is 0. The van der Waals surface area contributed by atoms with Crippen LogP contribution in [0.2, 0.25) is 0 Å². The molecule has 7 nitrogen and oxygen atoms in total. The third kappa shape index (κ3) is 4.47. The number of oxazole rings is 1. The van der Waals surface area contributed by atoms with Crippen LogP contribution < -0.4 is 4.74 Å². The van der Waals surface area contributed by atoms with E-state index in [-0.39, 0.29) is 36.2 Å². The van der Waals surface area contributed by atoms with Gasteiger partial charge in [0, 0.05) is 25.6 Å². The smallest absolute Gasteiger partial charge is 0.275 e. The van der Waals surface area contributed by atoms with Crippen molar-refractivity contribution in [2.45, 2.75) is 44.8 Å². The number of amides is 2. The van der Waals surface area contributed by atoms with Gasteiger partial charge in [0.2, 0.25) is 11.8 Å². The second-order valence-corrected chi connectivity index (χ2v) is 9.79. The molecule has 1 saturated heterocycles. The Morgan fingerprint density at radius 1 is 1.08 bits per heavy atom. The Morgan fingerprint density at radius 2 is 1.92 bits per heavy atom. The van der Waals surface area contributed by atoms with Crippen LogP contribution in [0.25, 0.3) is 0 Å². The van der Waals surface area contributed by atoms with Crippen molar-refractivity contribution in [2.75, 3.05) is 19.6 Å². The largest absolute Gasteiger partial charge is 0.484 e. The normalized spacial score (nSPS) is 19.3. The molecule has 2 aliphatic heterocycles. The molecule has 0 N–H and O–H groups in total.